The summed E-state index contributed by atoms with van der Waals surface area (Å²) in [5.74, 6) is 0.314. The predicted octanol–water partition coefficient (Wildman–Crippen LogP) is 2.53. The number of rotatable bonds is 4. The Bertz CT molecular complexity index is 418. The van der Waals surface area contributed by atoms with Crippen LogP contribution in [0.25, 0.3) is 0 Å². The van der Waals surface area contributed by atoms with E-state index in [2.05, 4.69) is 28.7 Å². The van der Waals surface area contributed by atoms with Crippen LogP contribution >= 0.6 is 0 Å². The summed E-state index contributed by atoms with van der Waals surface area (Å²) in [7, 11) is 0. The Hall–Kier alpha value is -2.43. The topological polar surface area (TPSA) is 64.1 Å². The molecule has 5 heteroatoms. The largest absolute Gasteiger partial charge is 0.417 e. The minimum atomic E-state index is -0.624. The van der Waals surface area contributed by atoms with Gasteiger partial charge in [0.05, 0.1) is 18.1 Å². The SMILES string of the molecule is C=C/C=C(\C=C)OC(=O)Nc1ccnnc1.[HH]. The average molecular weight is 219 g/mol. The van der Waals surface area contributed by atoms with Crippen LogP contribution < -0.4 is 5.32 Å². The molecule has 1 amide bonds. The molecule has 0 spiro atoms. The molecule has 0 aliphatic carbocycles. The molecule has 5 nitrogen and oxygen atoms in total. The highest BCUT2D eigenvalue weighted by atomic mass is 16.6. The Labute approximate surface area is 94.6 Å². The molecule has 0 aromatic carbocycles. The third-order valence-corrected chi connectivity index (χ3v) is 1.52. The van der Waals surface area contributed by atoms with E-state index in [-0.39, 0.29) is 1.43 Å². The van der Waals surface area contributed by atoms with Crippen LogP contribution in [0.2, 0.25) is 0 Å². The van der Waals surface area contributed by atoms with Crippen molar-refractivity contribution in [3.05, 3.63) is 55.6 Å². The minimum absolute atomic E-state index is 0. The number of nitrogens with zero attached hydrogens (tertiary/aromatic N) is 2. The molecule has 1 N–H and O–H groups in total. The van der Waals surface area contributed by atoms with Gasteiger partial charge in [-0.25, -0.2) is 4.79 Å². The van der Waals surface area contributed by atoms with Gasteiger partial charge in [-0.1, -0.05) is 19.2 Å². The average Bonchev–Trinajstić information content (AvgIpc) is 2.29. The Morgan fingerprint density at radius 3 is 2.88 bits per heavy atom. The van der Waals surface area contributed by atoms with Gasteiger partial charge < -0.3 is 4.74 Å². The lowest BCUT2D eigenvalue weighted by atomic mass is 10.4. The molecular weight excluding hydrogens is 206 g/mol. The molecule has 1 aromatic rings. The zero-order chi connectivity index (χ0) is 11.8. The van der Waals surface area contributed by atoms with Crippen molar-refractivity contribution in [1.29, 1.82) is 0 Å². The molecule has 0 fully saturated rings. The van der Waals surface area contributed by atoms with Crippen molar-refractivity contribution in [2.24, 2.45) is 0 Å². The molecule has 0 aliphatic rings. The fourth-order valence-corrected chi connectivity index (χ4v) is 0.875. The standard InChI is InChI=1S/C11H11N3O2.H2/c1-3-5-10(4-2)16-11(15)14-9-6-7-12-13-8-9;/h3-8H,1-2H2,(H,12,14,15);1H/b10-5+;. The minimum Gasteiger partial charge on any atom is -0.410 e. The van der Waals surface area contributed by atoms with Crippen LogP contribution in [-0.2, 0) is 4.74 Å². The molecule has 84 valence electrons. The Kier molecular flexibility index (Phi) is 4.46. The number of allylic oxidation sites excluding steroid dienone is 3. The highest BCUT2D eigenvalue weighted by Crippen LogP contribution is 2.05. The number of hydrogen-bond acceptors (Lipinski definition) is 4. The van der Waals surface area contributed by atoms with Gasteiger partial charge in [-0.3, -0.25) is 5.32 Å². The zero-order valence-electron chi connectivity index (χ0n) is 8.59. The summed E-state index contributed by atoms with van der Waals surface area (Å²) >= 11 is 0. The van der Waals surface area contributed by atoms with Crippen LogP contribution in [0.3, 0.4) is 0 Å². The van der Waals surface area contributed by atoms with E-state index in [4.69, 9.17) is 4.74 Å². The maximum Gasteiger partial charge on any atom is 0.417 e. The number of ether oxygens (including phenoxy) is 1. The number of amides is 1. The maximum atomic E-state index is 11.4. The van der Waals surface area contributed by atoms with Gasteiger partial charge in [-0.2, -0.15) is 10.2 Å². The van der Waals surface area contributed by atoms with Gasteiger partial charge in [0.1, 0.15) is 5.76 Å². The number of carbonyl (C=O) groups is 1. The van der Waals surface area contributed by atoms with Crippen molar-refractivity contribution in [3.8, 4) is 0 Å². The first-order valence-corrected chi connectivity index (χ1v) is 4.47. The number of hydrogen-bond donors (Lipinski definition) is 1. The quantitative estimate of drug-likeness (QED) is 0.624. The van der Waals surface area contributed by atoms with E-state index in [1.54, 1.807) is 6.07 Å². The van der Waals surface area contributed by atoms with Gasteiger partial charge in [0.25, 0.3) is 0 Å². The Morgan fingerprint density at radius 1 is 1.50 bits per heavy atom. The maximum absolute atomic E-state index is 11.4. The van der Waals surface area contributed by atoms with E-state index in [1.807, 2.05) is 0 Å². The van der Waals surface area contributed by atoms with Crippen molar-refractivity contribution in [3.63, 3.8) is 0 Å². The van der Waals surface area contributed by atoms with Crippen molar-refractivity contribution >= 4 is 11.8 Å². The Balaban J connectivity index is 0.00000256. The third kappa shape index (κ3) is 3.75. The van der Waals surface area contributed by atoms with Crippen molar-refractivity contribution in [1.82, 2.24) is 10.2 Å². The first kappa shape index (κ1) is 11.6. The normalized spacial score (nSPS) is 10.4. The van der Waals surface area contributed by atoms with Gasteiger partial charge in [0.15, 0.2) is 0 Å². The first-order chi connectivity index (χ1) is 7.76. The molecule has 0 radical (unpaired) electrons. The van der Waals surface area contributed by atoms with E-state index in [1.165, 1.54) is 30.6 Å². The molecular formula is C11H13N3O2. The second-order valence-corrected chi connectivity index (χ2v) is 2.65. The monoisotopic (exact) mass is 219 g/mol. The molecule has 0 saturated carbocycles. The van der Waals surface area contributed by atoms with Gasteiger partial charge in [0, 0.05) is 1.43 Å². The molecule has 1 aromatic heterocycles. The molecule has 0 bridgehead atoms. The van der Waals surface area contributed by atoms with Crippen molar-refractivity contribution in [2.45, 2.75) is 0 Å². The van der Waals surface area contributed by atoms with Gasteiger partial charge >= 0.3 is 6.09 Å². The van der Waals surface area contributed by atoms with Gasteiger partial charge in [0.2, 0.25) is 0 Å². The number of anilines is 1. The lowest BCUT2D eigenvalue weighted by molar-refractivity contribution is 0.195. The number of carbonyl (C=O) groups excluding carboxylic acids is 1. The molecule has 0 saturated heterocycles. The molecule has 1 rings (SSSR count). The van der Waals surface area contributed by atoms with E-state index in [9.17, 15) is 4.79 Å². The lowest BCUT2D eigenvalue weighted by Crippen LogP contribution is -2.13. The summed E-state index contributed by atoms with van der Waals surface area (Å²) < 4.78 is 4.92. The van der Waals surface area contributed by atoms with E-state index >= 15 is 0 Å². The lowest BCUT2D eigenvalue weighted by Gasteiger charge is -2.05. The molecule has 0 aliphatic heterocycles. The summed E-state index contributed by atoms with van der Waals surface area (Å²) in [5.41, 5.74) is 0.502. The molecule has 0 atom stereocenters. The van der Waals surface area contributed by atoms with Crippen molar-refractivity contribution in [2.75, 3.05) is 5.32 Å². The molecule has 1 heterocycles. The summed E-state index contributed by atoms with van der Waals surface area (Å²) in [6.45, 7) is 6.98. The number of nitrogens with one attached hydrogen (secondary N) is 1. The second kappa shape index (κ2) is 6.13. The second-order valence-electron chi connectivity index (χ2n) is 2.65. The van der Waals surface area contributed by atoms with Crippen LogP contribution in [0.4, 0.5) is 10.5 Å². The van der Waals surface area contributed by atoms with Crippen molar-refractivity contribution < 1.29 is 11.0 Å². The molecule has 16 heavy (non-hydrogen) atoms. The summed E-state index contributed by atoms with van der Waals surface area (Å²) in [4.78, 5) is 11.4. The summed E-state index contributed by atoms with van der Waals surface area (Å²) in [6, 6.07) is 1.60. The Morgan fingerprint density at radius 2 is 2.31 bits per heavy atom. The fourth-order valence-electron chi connectivity index (χ4n) is 0.875. The smallest absolute Gasteiger partial charge is 0.410 e. The van der Waals surface area contributed by atoms with E-state index in [0.29, 0.717) is 11.4 Å². The third-order valence-electron chi connectivity index (χ3n) is 1.52. The van der Waals surface area contributed by atoms with Crippen LogP contribution in [0.5, 0.6) is 0 Å². The zero-order valence-corrected chi connectivity index (χ0v) is 8.59. The fraction of sp³-hybridized carbons (Fsp3) is 0. The molecule has 0 unspecified atom stereocenters. The van der Waals surface area contributed by atoms with Crippen LogP contribution in [0.1, 0.15) is 1.43 Å². The van der Waals surface area contributed by atoms with Crippen LogP contribution in [0, 0.1) is 0 Å². The highest BCUT2D eigenvalue weighted by molar-refractivity contribution is 5.85. The van der Waals surface area contributed by atoms with Gasteiger partial charge in [-0.15, -0.1) is 0 Å². The highest BCUT2D eigenvalue weighted by Gasteiger charge is 2.04. The van der Waals surface area contributed by atoms with E-state index in [0.717, 1.165) is 0 Å². The first-order valence-electron chi connectivity index (χ1n) is 4.47. The number of aromatic nitrogens is 2. The predicted molar refractivity (Wildman–Crippen MR) is 62.7 cm³/mol. The van der Waals surface area contributed by atoms with E-state index < -0.39 is 6.09 Å². The van der Waals surface area contributed by atoms with Crippen LogP contribution in [0.15, 0.2) is 55.6 Å². The summed E-state index contributed by atoms with van der Waals surface area (Å²) in [6.07, 6.45) is 6.68. The van der Waals surface area contributed by atoms with Gasteiger partial charge in [-0.05, 0) is 18.2 Å². The summed E-state index contributed by atoms with van der Waals surface area (Å²) in [5, 5.41) is 9.66. The van der Waals surface area contributed by atoms with Crippen LogP contribution in [-0.4, -0.2) is 16.3 Å².